The number of aromatic nitrogens is 2. The van der Waals surface area contributed by atoms with E-state index in [0.717, 1.165) is 32.2 Å². The number of pyridine rings is 1. The maximum Gasteiger partial charge on any atom is 0.249 e. The van der Waals surface area contributed by atoms with Crippen molar-refractivity contribution in [2.24, 2.45) is 0 Å². The number of anilines is 1. The number of amides is 1. The predicted octanol–water partition coefficient (Wildman–Crippen LogP) is 5.32. The fourth-order valence-electron chi connectivity index (χ4n) is 5.91. The SMILES string of the molecule is Cc1nc2ccc(C3C(=O)N4NC(c5ccccc5)C(c5ccccc5)C4NC3Nc3ccccn3)cc2s1. The van der Waals surface area contributed by atoms with E-state index < -0.39 is 5.92 Å². The Morgan fingerprint density at radius 1 is 0.872 bits per heavy atom. The largest absolute Gasteiger partial charge is 0.354 e. The predicted molar refractivity (Wildman–Crippen MR) is 154 cm³/mol. The Morgan fingerprint density at radius 2 is 1.62 bits per heavy atom. The fourth-order valence-corrected chi connectivity index (χ4v) is 6.79. The van der Waals surface area contributed by atoms with Gasteiger partial charge in [0.2, 0.25) is 5.91 Å². The Labute approximate surface area is 230 Å². The van der Waals surface area contributed by atoms with E-state index in [-0.39, 0.29) is 30.2 Å². The van der Waals surface area contributed by atoms with Gasteiger partial charge in [-0.3, -0.25) is 15.1 Å². The van der Waals surface area contributed by atoms with Gasteiger partial charge in [0.1, 0.15) is 12.0 Å². The van der Waals surface area contributed by atoms with Crippen molar-refractivity contribution in [3.8, 4) is 0 Å². The van der Waals surface area contributed by atoms with Crippen molar-refractivity contribution in [2.45, 2.75) is 37.1 Å². The standard InChI is InChI=1S/C31H28N6OS/c1-19-33-23-16-15-22(18-24(23)39-19)27-29(34-25-14-8-9-17-32-25)35-30-26(20-10-4-2-5-11-20)28(36-37(30)31(27)38)21-12-6-3-7-13-21/h2-18,26-30,35-36H,1H3,(H,32,34). The average molecular weight is 533 g/mol. The molecule has 2 aromatic heterocycles. The summed E-state index contributed by atoms with van der Waals surface area (Å²) in [7, 11) is 0. The van der Waals surface area contributed by atoms with E-state index in [0.29, 0.717) is 0 Å². The van der Waals surface area contributed by atoms with Gasteiger partial charge in [-0.1, -0.05) is 72.8 Å². The van der Waals surface area contributed by atoms with Gasteiger partial charge in [-0.25, -0.2) is 15.4 Å². The third-order valence-electron chi connectivity index (χ3n) is 7.63. The quantitative estimate of drug-likeness (QED) is 0.284. The second kappa shape index (κ2) is 9.89. The molecule has 0 saturated carbocycles. The molecule has 2 fully saturated rings. The summed E-state index contributed by atoms with van der Waals surface area (Å²) in [5.74, 6) is 0.261. The molecular formula is C31H28N6OS. The number of hydrogen-bond donors (Lipinski definition) is 3. The molecule has 7 nitrogen and oxygen atoms in total. The van der Waals surface area contributed by atoms with Crippen LogP contribution in [-0.4, -0.2) is 33.2 Å². The van der Waals surface area contributed by atoms with Crippen LogP contribution in [0.4, 0.5) is 5.82 Å². The summed E-state index contributed by atoms with van der Waals surface area (Å²) in [6, 6.07) is 32.6. The van der Waals surface area contributed by atoms with Crippen molar-refractivity contribution in [2.75, 3.05) is 5.32 Å². The molecule has 8 heteroatoms. The zero-order valence-corrected chi connectivity index (χ0v) is 22.2. The number of benzene rings is 3. The monoisotopic (exact) mass is 532 g/mol. The minimum absolute atomic E-state index is 0.00171. The van der Waals surface area contributed by atoms with E-state index in [2.05, 4.69) is 68.5 Å². The summed E-state index contributed by atoms with van der Waals surface area (Å²) in [5, 5.41) is 10.2. The molecule has 2 aliphatic rings. The number of thiazole rings is 1. The van der Waals surface area contributed by atoms with Gasteiger partial charge in [0.15, 0.2) is 0 Å². The number of rotatable bonds is 5. The number of nitrogens with zero attached hydrogens (tertiary/aromatic N) is 3. The number of hydrogen-bond acceptors (Lipinski definition) is 7. The first-order chi connectivity index (χ1) is 19.2. The van der Waals surface area contributed by atoms with Crippen molar-refractivity contribution in [3.05, 3.63) is 125 Å². The van der Waals surface area contributed by atoms with Crippen LogP contribution in [0, 0.1) is 6.92 Å². The molecule has 5 unspecified atom stereocenters. The summed E-state index contributed by atoms with van der Waals surface area (Å²) >= 11 is 1.65. The number of aryl methyl sites for hydroxylation is 1. The lowest BCUT2D eigenvalue weighted by Crippen LogP contribution is -2.64. The molecule has 2 aliphatic heterocycles. The molecular weight excluding hydrogens is 504 g/mol. The highest BCUT2D eigenvalue weighted by Crippen LogP contribution is 2.44. The van der Waals surface area contributed by atoms with Gasteiger partial charge in [0.25, 0.3) is 0 Å². The minimum Gasteiger partial charge on any atom is -0.354 e. The normalized spacial score (nSPS) is 24.6. The lowest BCUT2D eigenvalue weighted by Gasteiger charge is -2.42. The Hall–Kier alpha value is -4.11. The number of nitrogens with one attached hydrogen (secondary N) is 3. The Bertz CT molecular complexity index is 1610. The smallest absolute Gasteiger partial charge is 0.249 e. The summed E-state index contributed by atoms with van der Waals surface area (Å²) in [5.41, 5.74) is 7.81. The van der Waals surface area contributed by atoms with Gasteiger partial charge in [0.05, 0.1) is 33.3 Å². The second-order valence-corrected chi connectivity index (χ2v) is 11.3. The third-order valence-corrected chi connectivity index (χ3v) is 8.57. The minimum atomic E-state index is -0.478. The molecule has 3 N–H and O–H groups in total. The second-order valence-electron chi connectivity index (χ2n) is 10.0. The molecule has 0 spiro atoms. The molecule has 7 rings (SSSR count). The van der Waals surface area contributed by atoms with Gasteiger partial charge in [-0.2, -0.15) is 0 Å². The topological polar surface area (TPSA) is 82.2 Å². The van der Waals surface area contributed by atoms with E-state index >= 15 is 0 Å². The Balaban J connectivity index is 1.32. The van der Waals surface area contributed by atoms with E-state index in [9.17, 15) is 4.79 Å². The van der Waals surface area contributed by atoms with Crippen molar-refractivity contribution < 1.29 is 4.79 Å². The molecule has 2 saturated heterocycles. The van der Waals surface area contributed by atoms with E-state index in [1.165, 1.54) is 5.56 Å². The molecule has 0 radical (unpaired) electrons. The molecule has 1 amide bonds. The Kier molecular flexibility index (Phi) is 6.08. The summed E-state index contributed by atoms with van der Waals surface area (Å²) < 4.78 is 1.08. The number of fused-ring (bicyclic) bond motifs is 2. The molecule has 194 valence electrons. The summed E-state index contributed by atoms with van der Waals surface area (Å²) in [6.07, 6.45) is 1.12. The molecule has 39 heavy (non-hydrogen) atoms. The van der Waals surface area contributed by atoms with Crippen molar-refractivity contribution in [3.63, 3.8) is 0 Å². The van der Waals surface area contributed by atoms with Crippen LogP contribution in [0.15, 0.2) is 103 Å². The lowest BCUT2D eigenvalue weighted by atomic mass is 9.84. The highest BCUT2D eigenvalue weighted by molar-refractivity contribution is 7.18. The van der Waals surface area contributed by atoms with Gasteiger partial charge < -0.3 is 5.32 Å². The van der Waals surface area contributed by atoms with E-state index in [4.69, 9.17) is 0 Å². The van der Waals surface area contributed by atoms with Crippen molar-refractivity contribution in [1.82, 2.24) is 25.7 Å². The van der Waals surface area contributed by atoms with Gasteiger partial charge >= 0.3 is 0 Å². The van der Waals surface area contributed by atoms with Crippen molar-refractivity contribution >= 4 is 33.3 Å². The van der Waals surface area contributed by atoms with Crippen LogP contribution >= 0.6 is 11.3 Å². The van der Waals surface area contributed by atoms with Crippen LogP contribution in [0.1, 0.15) is 39.6 Å². The maximum absolute atomic E-state index is 14.5. The van der Waals surface area contributed by atoms with Crippen LogP contribution in [0.5, 0.6) is 0 Å². The molecule has 4 heterocycles. The van der Waals surface area contributed by atoms with Gasteiger partial charge in [-0.05, 0) is 47.9 Å². The molecule has 3 aromatic carbocycles. The number of carbonyl (C=O) groups excluding carboxylic acids is 1. The molecule has 0 bridgehead atoms. The van der Waals surface area contributed by atoms with Gasteiger partial charge in [-0.15, -0.1) is 11.3 Å². The lowest BCUT2D eigenvalue weighted by molar-refractivity contribution is -0.142. The summed E-state index contributed by atoms with van der Waals surface area (Å²) in [6.45, 7) is 2.01. The molecule has 5 aromatic rings. The first kappa shape index (κ1) is 24.0. The zero-order valence-electron chi connectivity index (χ0n) is 21.4. The van der Waals surface area contributed by atoms with Crippen LogP contribution in [-0.2, 0) is 4.79 Å². The Morgan fingerprint density at radius 3 is 2.36 bits per heavy atom. The van der Waals surface area contributed by atoms with Crippen molar-refractivity contribution in [1.29, 1.82) is 0 Å². The third kappa shape index (κ3) is 4.36. The number of hydrazine groups is 1. The number of carbonyl (C=O) groups is 1. The maximum atomic E-state index is 14.5. The zero-order chi connectivity index (χ0) is 26.3. The van der Waals surface area contributed by atoms with Crippen LogP contribution < -0.4 is 16.1 Å². The fraction of sp³-hybridized carbons (Fsp3) is 0.194. The first-order valence-electron chi connectivity index (χ1n) is 13.2. The first-order valence-corrected chi connectivity index (χ1v) is 14.0. The van der Waals surface area contributed by atoms with Crippen LogP contribution in [0.25, 0.3) is 10.2 Å². The van der Waals surface area contributed by atoms with Crippen LogP contribution in [0.2, 0.25) is 0 Å². The van der Waals surface area contributed by atoms with E-state index in [1.807, 2.05) is 66.5 Å². The molecule has 0 aliphatic carbocycles. The molecule has 5 atom stereocenters. The van der Waals surface area contributed by atoms with Gasteiger partial charge in [0, 0.05) is 12.1 Å². The highest BCUT2D eigenvalue weighted by atomic mass is 32.1. The average Bonchev–Trinajstić information content (AvgIpc) is 3.54. The van der Waals surface area contributed by atoms with E-state index in [1.54, 1.807) is 17.5 Å². The highest BCUT2D eigenvalue weighted by Gasteiger charge is 2.52. The summed E-state index contributed by atoms with van der Waals surface area (Å²) in [4.78, 5) is 23.6. The van der Waals surface area contributed by atoms with Crippen LogP contribution in [0.3, 0.4) is 0 Å².